The normalized spacial score (nSPS) is 13.0. The molecule has 17 nitrogen and oxygen atoms in total. The summed E-state index contributed by atoms with van der Waals surface area (Å²) >= 11 is 0. The largest absolute Gasteiger partial charge is 0.460 e. The molecular formula is C38H74N4O13. The first kappa shape index (κ1) is 54.2. The number of methoxy groups -OCH3 is 2. The van der Waals surface area contributed by atoms with Crippen LogP contribution in [0, 0.1) is 0 Å². The van der Waals surface area contributed by atoms with Gasteiger partial charge in [0, 0.05) is 66.0 Å². The van der Waals surface area contributed by atoms with E-state index in [2.05, 4.69) is 22.9 Å². The highest BCUT2D eigenvalue weighted by Crippen LogP contribution is 2.07. The highest BCUT2D eigenvalue weighted by atomic mass is 16.7. The van der Waals surface area contributed by atoms with Crippen molar-refractivity contribution in [3.05, 3.63) is 0 Å². The maximum atomic E-state index is 11.8. The molecule has 324 valence electrons. The molecule has 4 atom stereocenters. The van der Waals surface area contributed by atoms with Crippen LogP contribution in [-0.2, 0) is 52.4 Å². The molecule has 0 rings (SSSR count). The standard InChI is InChI=1S/C22H42N2O7.C16H32N2O6/c1-4-6-7-11-19(26)23-14-8-9-15-24-20(27)12-10-13-21(28)30-17-22(29-3)31-18(5-2)16-25;1-3-13(11-19)24-16(22-2)12-23-15(21)8-6-7-14(20)18-10-5-4-9-17/h18,22,25H,4-17H2,1-3H3,(H,23,26)(H,24,27);13,16,19H,3-12,17H2,1-2H3,(H,18,20). The zero-order valence-electron chi connectivity index (χ0n) is 34.2. The first-order valence-corrected chi connectivity index (χ1v) is 19.9. The molecule has 55 heavy (non-hydrogen) atoms. The molecule has 0 fully saturated rings. The second kappa shape index (κ2) is 39.3. The Kier molecular flexibility index (Phi) is 38.7. The van der Waals surface area contributed by atoms with Gasteiger partial charge in [-0.1, -0.05) is 33.6 Å². The summed E-state index contributed by atoms with van der Waals surface area (Å²) in [5.41, 5.74) is 5.37. The van der Waals surface area contributed by atoms with Crippen molar-refractivity contribution in [3.63, 3.8) is 0 Å². The van der Waals surface area contributed by atoms with Crippen LogP contribution < -0.4 is 21.7 Å². The molecule has 0 aromatic rings. The first-order valence-electron chi connectivity index (χ1n) is 19.9. The van der Waals surface area contributed by atoms with Crippen molar-refractivity contribution < 1.29 is 62.6 Å². The van der Waals surface area contributed by atoms with Crippen LogP contribution in [0.2, 0.25) is 0 Å². The minimum Gasteiger partial charge on any atom is -0.460 e. The number of carbonyl (C=O) groups excluding carboxylic acids is 5. The van der Waals surface area contributed by atoms with Crippen molar-refractivity contribution in [3.8, 4) is 0 Å². The number of nitrogens with one attached hydrogen (secondary N) is 3. The van der Waals surface area contributed by atoms with Crippen LogP contribution in [0.3, 0.4) is 0 Å². The van der Waals surface area contributed by atoms with Gasteiger partial charge in [-0.25, -0.2) is 0 Å². The number of hydrogen-bond donors (Lipinski definition) is 6. The molecular weight excluding hydrogens is 720 g/mol. The molecule has 4 unspecified atom stereocenters. The molecule has 0 aromatic carbocycles. The highest BCUT2D eigenvalue weighted by Gasteiger charge is 2.18. The Morgan fingerprint density at radius 1 is 0.545 bits per heavy atom. The molecule has 0 aliphatic carbocycles. The molecule has 7 N–H and O–H groups in total. The molecule has 0 aliphatic rings. The number of rotatable bonds is 35. The van der Waals surface area contributed by atoms with E-state index in [1.165, 1.54) is 14.2 Å². The average Bonchev–Trinajstić information content (AvgIpc) is 3.18. The van der Waals surface area contributed by atoms with Gasteiger partial charge in [-0.3, -0.25) is 24.0 Å². The monoisotopic (exact) mass is 795 g/mol. The van der Waals surface area contributed by atoms with E-state index in [1.54, 1.807) is 0 Å². The van der Waals surface area contributed by atoms with Crippen molar-refractivity contribution in [2.75, 3.05) is 66.8 Å². The lowest BCUT2D eigenvalue weighted by Gasteiger charge is -2.21. The quantitative estimate of drug-likeness (QED) is 0.0307. The molecule has 0 spiro atoms. The van der Waals surface area contributed by atoms with Crippen LogP contribution in [0.5, 0.6) is 0 Å². The Bertz CT molecular complexity index is 969. The van der Waals surface area contributed by atoms with Crippen molar-refractivity contribution in [1.82, 2.24) is 16.0 Å². The number of amides is 3. The number of aliphatic hydroxyl groups is 2. The first-order chi connectivity index (χ1) is 26.5. The topological polar surface area (TPSA) is 243 Å². The van der Waals surface area contributed by atoms with E-state index >= 15 is 0 Å². The summed E-state index contributed by atoms with van der Waals surface area (Å²) in [5, 5.41) is 26.7. The predicted octanol–water partition coefficient (Wildman–Crippen LogP) is 2.37. The molecule has 0 saturated heterocycles. The van der Waals surface area contributed by atoms with Gasteiger partial charge in [-0.15, -0.1) is 0 Å². The molecule has 17 heteroatoms. The van der Waals surface area contributed by atoms with Gasteiger partial charge >= 0.3 is 11.9 Å². The van der Waals surface area contributed by atoms with Crippen molar-refractivity contribution in [1.29, 1.82) is 0 Å². The molecule has 0 aromatic heterocycles. The van der Waals surface area contributed by atoms with Crippen LogP contribution in [-0.4, -0.2) is 131 Å². The molecule has 0 radical (unpaired) electrons. The van der Waals surface area contributed by atoms with Crippen molar-refractivity contribution >= 4 is 29.7 Å². The van der Waals surface area contributed by atoms with Gasteiger partial charge in [0.05, 0.1) is 25.4 Å². The van der Waals surface area contributed by atoms with Gasteiger partial charge in [0.1, 0.15) is 13.2 Å². The van der Waals surface area contributed by atoms with Gasteiger partial charge in [-0.05, 0) is 64.3 Å². The second-order valence-corrected chi connectivity index (χ2v) is 12.8. The minimum absolute atomic E-state index is 0.0445. The van der Waals surface area contributed by atoms with E-state index in [0.717, 1.165) is 44.9 Å². The highest BCUT2D eigenvalue weighted by molar-refractivity contribution is 5.77. The summed E-state index contributed by atoms with van der Waals surface area (Å²) in [6.07, 6.45) is 7.73. The van der Waals surface area contributed by atoms with E-state index in [1.807, 2.05) is 13.8 Å². The van der Waals surface area contributed by atoms with Crippen molar-refractivity contribution in [2.45, 2.75) is 148 Å². The number of aliphatic hydroxyl groups excluding tert-OH is 2. The molecule has 0 bridgehead atoms. The van der Waals surface area contributed by atoms with E-state index in [4.69, 9.17) is 44.4 Å². The van der Waals surface area contributed by atoms with Crippen molar-refractivity contribution in [2.24, 2.45) is 5.73 Å². The smallest absolute Gasteiger partial charge is 0.305 e. The second-order valence-electron chi connectivity index (χ2n) is 12.8. The van der Waals surface area contributed by atoms with Crippen LogP contribution in [0.15, 0.2) is 0 Å². The van der Waals surface area contributed by atoms with E-state index < -0.39 is 24.5 Å². The lowest BCUT2D eigenvalue weighted by molar-refractivity contribution is -0.194. The third-order valence-corrected chi connectivity index (χ3v) is 8.07. The zero-order chi connectivity index (χ0) is 41.5. The van der Waals surface area contributed by atoms with Gasteiger partial charge in [-0.2, -0.15) is 0 Å². The Labute approximate surface area is 328 Å². The summed E-state index contributed by atoms with van der Waals surface area (Å²) in [5.74, 6) is -0.931. The lowest BCUT2D eigenvalue weighted by Crippen LogP contribution is -2.30. The third kappa shape index (κ3) is 35.2. The number of carbonyl (C=O) groups is 5. The summed E-state index contributed by atoms with van der Waals surface area (Å²) in [4.78, 5) is 58.3. The number of nitrogens with two attached hydrogens (primary N) is 1. The fourth-order valence-electron chi connectivity index (χ4n) is 4.55. The van der Waals surface area contributed by atoms with Gasteiger partial charge in [0.25, 0.3) is 0 Å². The van der Waals surface area contributed by atoms with Gasteiger partial charge < -0.3 is 60.3 Å². The summed E-state index contributed by atoms with van der Waals surface area (Å²) < 4.78 is 31.2. The minimum atomic E-state index is -0.731. The lowest BCUT2D eigenvalue weighted by atomic mass is 10.2. The molecule has 0 heterocycles. The number of unbranched alkanes of at least 4 members (excludes halogenated alkanes) is 4. The Morgan fingerprint density at radius 2 is 0.927 bits per heavy atom. The van der Waals surface area contributed by atoms with Gasteiger partial charge in [0.15, 0.2) is 12.6 Å². The van der Waals surface area contributed by atoms with Crippen LogP contribution in [0.25, 0.3) is 0 Å². The van der Waals surface area contributed by atoms with Crippen LogP contribution >= 0.6 is 0 Å². The van der Waals surface area contributed by atoms with Crippen LogP contribution in [0.4, 0.5) is 0 Å². The van der Waals surface area contributed by atoms with Crippen LogP contribution in [0.1, 0.15) is 124 Å². The van der Waals surface area contributed by atoms with E-state index in [0.29, 0.717) is 58.3 Å². The summed E-state index contributed by atoms with van der Waals surface area (Å²) in [6.45, 7) is 7.89. The maximum absolute atomic E-state index is 11.8. The molecule has 0 aliphatic heterocycles. The summed E-state index contributed by atoms with van der Waals surface area (Å²) in [7, 11) is 2.88. The maximum Gasteiger partial charge on any atom is 0.305 e. The number of esters is 2. The summed E-state index contributed by atoms with van der Waals surface area (Å²) in [6, 6.07) is 0. The third-order valence-electron chi connectivity index (χ3n) is 8.07. The fraction of sp³-hybridized carbons (Fsp3) is 0.868. The Morgan fingerprint density at radius 3 is 1.25 bits per heavy atom. The number of hydrogen-bond acceptors (Lipinski definition) is 14. The number of ether oxygens (including phenoxy) is 6. The SMILES string of the molecule is CCC(CO)OC(COC(=O)CCCC(=O)NCCCCN)OC.CCCCCC(=O)NCCCCNC(=O)CCCC(=O)OCC(OC)OC(CC)CO. The average molecular weight is 795 g/mol. The molecule has 3 amide bonds. The Hall–Kier alpha value is -2.93. The fourth-order valence-corrected chi connectivity index (χ4v) is 4.55. The Balaban J connectivity index is 0. The van der Waals surface area contributed by atoms with E-state index in [-0.39, 0.29) is 82.0 Å². The zero-order valence-corrected chi connectivity index (χ0v) is 34.2. The van der Waals surface area contributed by atoms with E-state index in [9.17, 15) is 24.0 Å². The van der Waals surface area contributed by atoms with Gasteiger partial charge in [0.2, 0.25) is 17.7 Å². The predicted molar refractivity (Wildman–Crippen MR) is 206 cm³/mol. The molecule has 0 saturated carbocycles.